The van der Waals surface area contributed by atoms with E-state index in [9.17, 15) is 22.4 Å². The predicted octanol–water partition coefficient (Wildman–Crippen LogP) is 5.32. The normalized spacial score (nSPS) is 13.1. The van der Waals surface area contributed by atoms with Crippen LogP contribution < -0.4 is 9.62 Å². The average Bonchev–Trinajstić information content (AvgIpc) is 3.29. The summed E-state index contributed by atoms with van der Waals surface area (Å²) in [4.78, 5) is 31.3. The molecule has 2 aromatic carbocycles. The Balaban J connectivity index is 1.52. The number of carbonyl (C=O) groups is 2. The first-order valence-corrected chi connectivity index (χ1v) is 14.8. The molecule has 0 saturated heterocycles. The second-order valence-corrected chi connectivity index (χ2v) is 12.0. The van der Waals surface area contributed by atoms with Crippen LogP contribution in [0, 0.1) is 5.82 Å². The molecule has 202 valence electrons. The molecule has 0 bridgehead atoms. The molecule has 0 fully saturated rings. The Hall–Kier alpha value is -3.83. The minimum absolute atomic E-state index is 0.0154. The quantitative estimate of drug-likeness (QED) is 0.289. The molecule has 0 radical (unpaired) electrons. The minimum Gasteiger partial charge on any atom is -0.462 e. The molecule has 0 atom stereocenters. The van der Waals surface area contributed by atoms with E-state index in [-0.39, 0.29) is 17.2 Å². The van der Waals surface area contributed by atoms with Crippen LogP contribution >= 0.6 is 11.3 Å². The highest BCUT2D eigenvalue weighted by molar-refractivity contribution is 7.93. The van der Waals surface area contributed by atoms with Gasteiger partial charge in [-0.25, -0.2) is 17.6 Å². The van der Waals surface area contributed by atoms with Gasteiger partial charge in [-0.2, -0.15) is 0 Å². The molecule has 0 unspecified atom stereocenters. The van der Waals surface area contributed by atoms with E-state index in [1.54, 1.807) is 31.3 Å². The maximum Gasteiger partial charge on any atom is 0.341 e. The molecule has 4 aromatic rings. The Kier molecular flexibility index (Phi) is 7.62. The molecular formula is C28H26FN3O5S2. The number of sulfonamides is 1. The third-order valence-corrected chi connectivity index (χ3v) is 9.55. The average molecular weight is 568 g/mol. The van der Waals surface area contributed by atoms with Gasteiger partial charge >= 0.3 is 5.97 Å². The molecule has 0 spiro atoms. The van der Waals surface area contributed by atoms with Gasteiger partial charge in [0, 0.05) is 28.0 Å². The van der Waals surface area contributed by atoms with Crippen molar-refractivity contribution in [3.05, 3.63) is 82.7 Å². The summed E-state index contributed by atoms with van der Waals surface area (Å²) in [5.41, 5.74) is 1.34. The molecule has 11 heteroatoms. The number of nitrogens with one attached hydrogen (secondary N) is 1. The second-order valence-electron chi connectivity index (χ2n) is 9.02. The predicted molar refractivity (Wildman–Crippen MR) is 148 cm³/mol. The standard InChI is InChI=1S/C28H26FN3O5S2/c1-2-37-28(34)26-22-7-3-4-8-23(22)38-27(26)31-25(33)17-32(20-12-10-19(29)11-13-20)39(35,36)24-9-5-6-18-16-30-15-14-21(18)24/h5-6,9-16H,2-4,7-8,17H2,1H3,(H,31,33). The van der Waals surface area contributed by atoms with Crippen LogP contribution in [0.4, 0.5) is 15.1 Å². The third-order valence-electron chi connectivity index (χ3n) is 6.51. The molecular weight excluding hydrogens is 541 g/mol. The van der Waals surface area contributed by atoms with Crippen LogP contribution in [0.25, 0.3) is 10.8 Å². The van der Waals surface area contributed by atoms with Crippen molar-refractivity contribution in [2.45, 2.75) is 37.5 Å². The summed E-state index contributed by atoms with van der Waals surface area (Å²) >= 11 is 1.32. The first-order valence-electron chi connectivity index (χ1n) is 12.5. The number of ether oxygens (including phenoxy) is 1. The second kappa shape index (κ2) is 11.1. The van der Waals surface area contributed by atoms with Crippen molar-refractivity contribution in [2.24, 2.45) is 0 Å². The number of fused-ring (bicyclic) bond motifs is 2. The number of hydrogen-bond donors (Lipinski definition) is 1. The highest BCUT2D eigenvalue weighted by Crippen LogP contribution is 2.39. The van der Waals surface area contributed by atoms with Crippen molar-refractivity contribution in [3.8, 4) is 0 Å². The largest absolute Gasteiger partial charge is 0.462 e. The summed E-state index contributed by atoms with van der Waals surface area (Å²) in [6.07, 6.45) is 6.47. The van der Waals surface area contributed by atoms with E-state index in [4.69, 9.17) is 4.74 Å². The van der Waals surface area contributed by atoms with Crippen molar-refractivity contribution < 1.29 is 27.1 Å². The van der Waals surface area contributed by atoms with Crippen molar-refractivity contribution in [1.82, 2.24) is 4.98 Å². The van der Waals surface area contributed by atoms with Gasteiger partial charge in [0.05, 0.1) is 22.8 Å². The number of esters is 1. The van der Waals surface area contributed by atoms with Crippen LogP contribution in [-0.4, -0.2) is 38.4 Å². The number of rotatable bonds is 8. The SMILES string of the molecule is CCOC(=O)c1c(NC(=O)CN(c2ccc(F)cc2)S(=O)(=O)c2cccc3cnccc23)sc2c1CCCC2. The molecule has 0 saturated carbocycles. The van der Waals surface area contributed by atoms with Gasteiger partial charge < -0.3 is 10.1 Å². The smallest absolute Gasteiger partial charge is 0.341 e. The Morgan fingerprint density at radius 3 is 2.64 bits per heavy atom. The number of aromatic nitrogens is 1. The lowest BCUT2D eigenvalue weighted by molar-refractivity contribution is -0.114. The maximum absolute atomic E-state index is 14.0. The molecule has 5 rings (SSSR count). The van der Waals surface area contributed by atoms with E-state index >= 15 is 0 Å². The molecule has 1 aliphatic carbocycles. The number of pyridine rings is 1. The summed E-state index contributed by atoms with van der Waals surface area (Å²) < 4.78 is 47.9. The number of benzene rings is 2. The number of halogens is 1. The molecule has 1 aliphatic rings. The van der Waals surface area contributed by atoms with Gasteiger partial charge in [0.25, 0.3) is 10.0 Å². The number of amides is 1. The summed E-state index contributed by atoms with van der Waals surface area (Å²) in [7, 11) is -4.28. The van der Waals surface area contributed by atoms with Gasteiger partial charge in [-0.3, -0.25) is 14.1 Å². The molecule has 1 amide bonds. The van der Waals surface area contributed by atoms with Crippen LogP contribution in [0.1, 0.15) is 40.6 Å². The fourth-order valence-corrected chi connectivity index (χ4v) is 7.66. The van der Waals surface area contributed by atoms with Gasteiger partial charge in [-0.1, -0.05) is 12.1 Å². The maximum atomic E-state index is 14.0. The lowest BCUT2D eigenvalue weighted by Gasteiger charge is -2.24. The van der Waals surface area contributed by atoms with E-state index in [0.29, 0.717) is 27.8 Å². The topological polar surface area (TPSA) is 106 Å². The minimum atomic E-state index is -4.28. The van der Waals surface area contributed by atoms with Crippen LogP contribution in [0.2, 0.25) is 0 Å². The summed E-state index contributed by atoms with van der Waals surface area (Å²) in [6, 6.07) is 11.3. The molecule has 39 heavy (non-hydrogen) atoms. The highest BCUT2D eigenvalue weighted by Gasteiger charge is 2.31. The fourth-order valence-electron chi connectivity index (χ4n) is 4.73. The summed E-state index contributed by atoms with van der Waals surface area (Å²) in [6.45, 7) is 1.30. The van der Waals surface area contributed by atoms with Crippen LogP contribution in [0.3, 0.4) is 0 Å². The van der Waals surface area contributed by atoms with Gasteiger partial charge in [0.15, 0.2) is 0 Å². The number of nitrogens with zero attached hydrogens (tertiary/aromatic N) is 2. The van der Waals surface area contributed by atoms with Crippen molar-refractivity contribution in [1.29, 1.82) is 0 Å². The van der Waals surface area contributed by atoms with E-state index in [1.807, 2.05) is 0 Å². The Labute approximate surface area is 229 Å². The number of carbonyl (C=O) groups excluding carboxylic acids is 2. The van der Waals surface area contributed by atoms with Crippen LogP contribution in [-0.2, 0) is 32.4 Å². The number of hydrogen-bond acceptors (Lipinski definition) is 7. The first-order chi connectivity index (χ1) is 18.8. The molecule has 0 aliphatic heterocycles. The lowest BCUT2D eigenvalue weighted by atomic mass is 9.95. The first kappa shape index (κ1) is 26.8. The van der Waals surface area contributed by atoms with Crippen molar-refractivity contribution in [2.75, 3.05) is 22.8 Å². The molecule has 2 heterocycles. The van der Waals surface area contributed by atoms with Gasteiger partial charge in [0.1, 0.15) is 17.4 Å². The van der Waals surface area contributed by atoms with E-state index in [0.717, 1.165) is 46.1 Å². The Bertz CT molecular complexity index is 1650. The monoisotopic (exact) mass is 567 g/mol. The zero-order valence-corrected chi connectivity index (χ0v) is 22.8. The van der Waals surface area contributed by atoms with E-state index in [1.165, 1.54) is 35.7 Å². The van der Waals surface area contributed by atoms with Crippen LogP contribution in [0.5, 0.6) is 0 Å². The van der Waals surface area contributed by atoms with E-state index < -0.39 is 34.3 Å². The molecule has 1 N–H and O–H groups in total. The van der Waals surface area contributed by atoms with Crippen LogP contribution in [0.15, 0.2) is 65.8 Å². The highest BCUT2D eigenvalue weighted by atomic mass is 32.2. The van der Waals surface area contributed by atoms with E-state index in [2.05, 4.69) is 10.3 Å². The van der Waals surface area contributed by atoms with Crippen molar-refractivity contribution in [3.63, 3.8) is 0 Å². The Morgan fingerprint density at radius 2 is 1.87 bits per heavy atom. The zero-order chi connectivity index (χ0) is 27.6. The zero-order valence-electron chi connectivity index (χ0n) is 21.1. The Morgan fingerprint density at radius 1 is 1.10 bits per heavy atom. The third kappa shape index (κ3) is 5.37. The molecule has 8 nitrogen and oxygen atoms in total. The fraction of sp³-hybridized carbons (Fsp3) is 0.250. The lowest BCUT2D eigenvalue weighted by Crippen LogP contribution is -2.38. The number of aryl methyl sites for hydroxylation is 1. The van der Waals surface area contributed by atoms with Gasteiger partial charge in [-0.15, -0.1) is 11.3 Å². The number of anilines is 2. The summed E-state index contributed by atoms with van der Waals surface area (Å²) in [5.74, 6) is -1.70. The molecule has 2 aromatic heterocycles. The number of thiophene rings is 1. The summed E-state index contributed by atoms with van der Waals surface area (Å²) in [5, 5.41) is 4.17. The van der Waals surface area contributed by atoms with Gasteiger partial charge in [0.2, 0.25) is 5.91 Å². The van der Waals surface area contributed by atoms with Crippen molar-refractivity contribution >= 4 is 54.7 Å². The van der Waals surface area contributed by atoms with Gasteiger partial charge in [-0.05, 0) is 74.6 Å².